The van der Waals surface area contributed by atoms with Crippen molar-refractivity contribution in [3.05, 3.63) is 29.8 Å². The number of aliphatic hydroxyl groups excluding tert-OH is 1. The lowest BCUT2D eigenvalue weighted by molar-refractivity contribution is 0.173. The number of benzene rings is 1. The molecule has 0 saturated carbocycles. The highest BCUT2D eigenvalue weighted by Gasteiger charge is 2.15. The second kappa shape index (κ2) is 6.91. The summed E-state index contributed by atoms with van der Waals surface area (Å²) in [6.45, 7) is 5.38. The van der Waals surface area contributed by atoms with Gasteiger partial charge in [-0.2, -0.15) is 0 Å². The molecule has 0 aromatic heterocycles. The summed E-state index contributed by atoms with van der Waals surface area (Å²) in [4.78, 5) is 0. The molecule has 1 rings (SSSR count). The molecule has 1 atom stereocenters. The lowest BCUT2D eigenvalue weighted by atomic mass is 10.1. The van der Waals surface area contributed by atoms with Gasteiger partial charge in [0, 0.05) is 0 Å². The Hall–Kier alpha value is -1.07. The fourth-order valence-electron chi connectivity index (χ4n) is 1.53. The van der Waals surface area contributed by atoms with E-state index in [9.17, 15) is 13.5 Å². The van der Waals surface area contributed by atoms with Crippen LogP contribution in [0.25, 0.3) is 0 Å². The van der Waals surface area contributed by atoms with Gasteiger partial charge in [0.05, 0.1) is 17.1 Å². The Morgan fingerprint density at radius 1 is 1.21 bits per heavy atom. The van der Waals surface area contributed by atoms with Crippen molar-refractivity contribution in [2.45, 2.75) is 38.5 Å². The van der Waals surface area contributed by atoms with Gasteiger partial charge < -0.3 is 9.84 Å². The van der Waals surface area contributed by atoms with E-state index in [0.717, 1.165) is 5.56 Å². The van der Waals surface area contributed by atoms with Crippen LogP contribution in [0.4, 0.5) is 0 Å². The molecule has 0 spiro atoms. The van der Waals surface area contributed by atoms with Gasteiger partial charge in [-0.3, -0.25) is 0 Å². The summed E-state index contributed by atoms with van der Waals surface area (Å²) in [6, 6.07) is 7.08. The van der Waals surface area contributed by atoms with E-state index in [1.165, 1.54) is 0 Å². The van der Waals surface area contributed by atoms with Crippen LogP contribution in [0.5, 0.6) is 5.75 Å². The largest absolute Gasteiger partial charge is 0.493 e. The molecule has 1 aromatic rings. The van der Waals surface area contributed by atoms with Crippen molar-refractivity contribution in [3.8, 4) is 5.75 Å². The lowest BCUT2D eigenvalue weighted by Crippen LogP contribution is -2.22. The normalized spacial score (nSPS) is 13.5. The molecule has 0 saturated heterocycles. The third-order valence-corrected chi connectivity index (χ3v) is 5.18. The maximum absolute atomic E-state index is 11.6. The molecule has 0 aliphatic carbocycles. The minimum atomic E-state index is -3.06. The maximum atomic E-state index is 11.6. The molecule has 0 fully saturated rings. The van der Waals surface area contributed by atoms with Crippen LogP contribution in [-0.4, -0.2) is 31.1 Å². The van der Waals surface area contributed by atoms with Gasteiger partial charge in [-0.15, -0.1) is 0 Å². The van der Waals surface area contributed by atoms with Crippen LogP contribution < -0.4 is 4.74 Å². The summed E-state index contributed by atoms with van der Waals surface area (Å²) >= 11 is 0. The standard InChI is InChI=1S/C14H22O4S/c1-4-14(15)12-5-7-13(8-6-12)18-9-10-19(16,17)11(2)3/h5-8,11,14-15H,4,9-10H2,1-3H3/t14-/m1/s1. The van der Waals surface area contributed by atoms with Gasteiger partial charge in [-0.25, -0.2) is 8.42 Å². The number of hydrogen-bond acceptors (Lipinski definition) is 4. The van der Waals surface area contributed by atoms with Crippen molar-refractivity contribution in [3.63, 3.8) is 0 Å². The molecule has 108 valence electrons. The van der Waals surface area contributed by atoms with Gasteiger partial charge in [-0.05, 0) is 38.0 Å². The summed E-state index contributed by atoms with van der Waals surface area (Å²) in [7, 11) is -3.06. The summed E-state index contributed by atoms with van der Waals surface area (Å²) in [6.07, 6.45) is 0.197. The quantitative estimate of drug-likeness (QED) is 0.835. The van der Waals surface area contributed by atoms with Gasteiger partial charge in [0.1, 0.15) is 12.4 Å². The van der Waals surface area contributed by atoms with E-state index < -0.39 is 15.9 Å². The number of ether oxygens (including phenoxy) is 1. The van der Waals surface area contributed by atoms with Crippen molar-refractivity contribution in [2.75, 3.05) is 12.4 Å². The van der Waals surface area contributed by atoms with E-state index in [2.05, 4.69) is 0 Å². The predicted octanol–water partition coefficient (Wildman–Crippen LogP) is 2.33. The first-order chi connectivity index (χ1) is 8.86. The van der Waals surface area contributed by atoms with Crippen molar-refractivity contribution in [1.29, 1.82) is 0 Å². The second-order valence-electron chi connectivity index (χ2n) is 4.76. The van der Waals surface area contributed by atoms with Gasteiger partial charge in [0.2, 0.25) is 0 Å². The molecule has 1 N–H and O–H groups in total. The first-order valence-electron chi connectivity index (χ1n) is 6.49. The Morgan fingerprint density at radius 3 is 2.26 bits per heavy atom. The highest BCUT2D eigenvalue weighted by atomic mass is 32.2. The van der Waals surface area contributed by atoms with E-state index in [1.54, 1.807) is 38.1 Å². The zero-order chi connectivity index (χ0) is 14.5. The summed E-state index contributed by atoms with van der Waals surface area (Å²) in [5.41, 5.74) is 0.838. The Balaban J connectivity index is 2.51. The number of aliphatic hydroxyl groups is 1. The molecular weight excluding hydrogens is 264 g/mol. The number of rotatable bonds is 7. The Kier molecular flexibility index (Phi) is 5.82. The first-order valence-corrected chi connectivity index (χ1v) is 8.20. The van der Waals surface area contributed by atoms with Crippen molar-refractivity contribution >= 4 is 9.84 Å². The van der Waals surface area contributed by atoms with E-state index in [4.69, 9.17) is 4.74 Å². The van der Waals surface area contributed by atoms with E-state index in [0.29, 0.717) is 12.2 Å². The molecule has 0 bridgehead atoms. The highest BCUT2D eigenvalue weighted by Crippen LogP contribution is 2.19. The summed E-state index contributed by atoms with van der Waals surface area (Å²) in [5, 5.41) is 9.27. The maximum Gasteiger partial charge on any atom is 0.155 e. The minimum absolute atomic E-state index is 0.0179. The third-order valence-electron chi connectivity index (χ3n) is 3.01. The molecule has 0 aliphatic heterocycles. The molecule has 1 aromatic carbocycles. The van der Waals surface area contributed by atoms with Crippen LogP contribution in [0, 0.1) is 0 Å². The monoisotopic (exact) mass is 286 g/mol. The Labute approximate surface area is 115 Å². The van der Waals surface area contributed by atoms with Gasteiger partial charge >= 0.3 is 0 Å². The Morgan fingerprint density at radius 2 is 1.79 bits per heavy atom. The molecule has 0 heterocycles. The smallest absolute Gasteiger partial charge is 0.155 e. The van der Waals surface area contributed by atoms with E-state index in [1.807, 2.05) is 6.92 Å². The molecule has 4 nitrogen and oxygen atoms in total. The molecule has 0 aliphatic rings. The van der Waals surface area contributed by atoms with Crippen LogP contribution in [0.15, 0.2) is 24.3 Å². The second-order valence-corrected chi connectivity index (χ2v) is 7.43. The highest BCUT2D eigenvalue weighted by molar-refractivity contribution is 7.91. The average Bonchev–Trinajstić information content (AvgIpc) is 2.38. The fourth-order valence-corrected chi connectivity index (χ4v) is 2.32. The Bertz CT molecular complexity index is 477. The minimum Gasteiger partial charge on any atom is -0.493 e. The fraction of sp³-hybridized carbons (Fsp3) is 0.571. The number of hydrogen-bond donors (Lipinski definition) is 1. The van der Waals surface area contributed by atoms with Crippen molar-refractivity contribution in [2.24, 2.45) is 0 Å². The van der Waals surface area contributed by atoms with Crippen molar-refractivity contribution in [1.82, 2.24) is 0 Å². The van der Waals surface area contributed by atoms with Crippen molar-refractivity contribution < 1.29 is 18.3 Å². The van der Waals surface area contributed by atoms with E-state index in [-0.39, 0.29) is 17.6 Å². The molecule has 0 unspecified atom stereocenters. The number of sulfone groups is 1. The summed E-state index contributed by atoms with van der Waals surface area (Å²) in [5.74, 6) is 0.635. The van der Waals surface area contributed by atoms with Gasteiger partial charge in [0.25, 0.3) is 0 Å². The van der Waals surface area contributed by atoms with E-state index >= 15 is 0 Å². The first kappa shape index (κ1) is 16.0. The third kappa shape index (κ3) is 4.84. The van der Waals surface area contributed by atoms with Crippen LogP contribution in [0.1, 0.15) is 38.9 Å². The topological polar surface area (TPSA) is 63.6 Å². The average molecular weight is 286 g/mol. The zero-order valence-electron chi connectivity index (χ0n) is 11.7. The predicted molar refractivity (Wildman–Crippen MR) is 76.1 cm³/mol. The van der Waals surface area contributed by atoms with Crippen LogP contribution >= 0.6 is 0 Å². The molecule has 19 heavy (non-hydrogen) atoms. The SMILES string of the molecule is CC[C@@H](O)c1ccc(OCCS(=O)(=O)C(C)C)cc1. The van der Waals surface area contributed by atoms with Gasteiger partial charge in [0.15, 0.2) is 9.84 Å². The molecule has 0 amide bonds. The lowest BCUT2D eigenvalue weighted by Gasteiger charge is -2.11. The van der Waals surface area contributed by atoms with Crippen LogP contribution in [-0.2, 0) is 9.84 Å². The van der Waals surface area contributed by atoms with Crippen LogP contribution in [0.3, 0.4) is 0 Å². The summed E-state index contributed by atoms with van der Waals surface area (Å²) < 4.78 is 28.6. The zero-order valence-corrected chi connectivity index (χ0v) is 12.5. The van der Waals surface area contributed by atoms with Crippen LogP contribution in [0.2, 0.25) is 0 Å². The van der Waals surface area contributed by atoms with Gasteiger partial charge in [-0.1, -0.05) is 19.1 Å². The molecule has 0 radical (unpaired) electrons. The molecular formula is C14H22O4S. The molecule has 5 heteroatoms.